The molecule has 1 aliphatic heterocycles. The van der Waals surface area contributed by atoms with Crippen LogP contribution in [0.1, 0.15) is 19.3 Å². The van der Waals surface area contributed by atoms with Crippen LogP contribution in [0.5, 0.6) is 5.75 Å². The summed E-state index contributed by atoms with van der Waals surface area (Å²) in [5, 5.41) is 9.35. The molecule has 0 radical (unpaired) electrons. The van der Waals surface area contributed by atoms with Crippen molar-refractivity contribution in [1.82, 2.24) is 4.31 Å². The van der Waals surface area contributed by atoms with Gasteiger partial charge in [0.25, 0.3) is 0 Å². The number of methoxy groups -OCH3 is 1. The van der Waals surface area contributed by atoms with Crippen LogP contribution in [-0.2, 0) is 10.2 Å². The van der Waals surface area contributed by atoms with Crippen LogP contribution >= 0.6 is 15.9 Å². The monoisotopic (exact) mass is 378 g/mol. The predicted molar refractivity (Wildman–Crippen MR) is 84.7 cm³/mol. The van der Waals surface area contributed by atoms with E-state index in [4.69, 9.17) is 4.74 Å². The van der Waals surface area contributed by atoms with Crippen molar-refractivity contribution < 1.29 is 18.3 Å². The van der Waals surface area contributed by atoms with E-state index in [0.717, 1.165) is 12.8 Å². The molecule has 118 valence electrons. The highest BCUT2D eigenvalue weighted by atomic mass is 79.9. The van der Waals surface area contributed by atoms with E-state index in [9.17, 15) is 13.5 Å². The summed E-state index contributed by atoms with van der Waals surface area (Å²) < 4.78 is 34.6. The Balaban J connectivity index is 2.18. The molecule has 6 nitrogen and oxygen atoms in total. The number of halogens is 1. The molecule has 1 heterocycles. The van der Waals surface area contributed by atoms with Gasteiger partial charge in [-0.05, 0) is 47.0 Å². The van der Waals surface area contributed by atoms with Gasteiger partial charge >= 0.3 is 10.2 Å². The highest BCUT2D eigenvalue weighted by Crippen LogP contribution is 2.29. The van der Waals surface area contributed by atoms with Crippen molar-refractivity contribution in [3.8, 4) is 5.75 Å². The molecule has 1 atom stereocenters. The summed E-state index contributed by atoms with van der Waals surface area (Å²) in [5.74, 6) is 0.629. The van der Waals surface area contributed by atoms with E-state index >= 15 is 0 Å². The van der Waals surface area contributed by atoms with Crippen molar-refractivity contribution in [3.05, 3.63) is 22.7 Å². The first-order valence-corrected chi connectivity index (χ1v) is 8.95. The van der Waals surface area contributed by atoms with Crippen LogP contribution < -0.4 is 9.46 Å². The summed E-state index contributed by atoms with van der Waals surface area (Å²) in [6.45, 7) is 0.269. The lowest BCUT2D eigenvalue weighted by Gasteiger charge is -2.33. The summed E-state index contributed by atoms with van der Waals surface area (Å²) in [6.07, 6.45) is 2.43. The van der Waals surface area contributed by atoms with Gasteiger partial charge in [-0.25, -0.2) is 0 Å². The number of hydrogen-bond acceptors (Lipinski definition) is 4. The minimum absolute atomic E-state index is 0.160. The van der Waals surface area contributed by atoms with E-state index in [1.165, 1.54) is 4.31 Å². The standard InChI is InChI=1S/C13H19BrN2O4S/c1-20-13-6-5-10(8-12(13)14)15-21(18,19)16-7-3-2-4-11(16)9-17/h5-6,8,11,15,17H,2-4,7,9H2,1H3. The molecule has 0 aliphatic carbocycles. The number of benzene rings is 1. The van der Waals surface area contributed by atoms with E-state index in [1.807, 2.05) is 0 Å². The lowest BCUT2D eigenvalue weighted by Crippen LogP contribution is -2.47. The quantitative estimate of drug-likeness (QED) is 0.820. The second-order valence-electron chi connectivity index (χ2n) is 4.90. The minimum Gasteiger partial charge on any atom is -0.496 e. The summed E-state index contributed by atoms with van der Waals surface area (Å²) in [4.78, 5) is 0. The molecule has 0 spiro atoms. The maximum atomic E-state index is 12.4. The molecular formula is C13H19BrN2O4S. The first-order valence-electron chi connectivity index (χ1n) is 6.72. The van der Waals surface area contributed by atoms with Crippen LogP contribution in [-0.4, -0.2) is 44.1 Å². The molecule has 2 N–H and O–H groups in total. The number of aliphatic hydroxyl groups is 1. The van der Waals surface area contributed by atoms with Crippen LogP contribution in [0.4, 0.5) is 5.69 Å². The van der Waals surface area contributed by atoms with Gasteiger partial charge in [-0.15, -0.1) is 0 Å². The molecule has 0 aromatic heterocycles. The molecule has 21 heavy (non-hydrogen) atoms. The van der Waals surface area contributed by atoms with Gasteiger partial charge < -0.3 is 9.84 Å². The number of anilines is 1. The molecule has 8 heteroatoms. The van der Waals surface area contributed by atoms with Crippen LogP contribution in [0.3, 0.4) is 0 Å². The fraction of sp³-hybridized carbons (Fsp3) is 0.538. The normalized spacial score (nSPS) is 20.2. The molecule has 1 aliphatic rings. The van der Waals surface area contributed by atoms with Gasteiger partial charge in [-0.2, -0.15) is 12.7 Å². The molecule has 0 amide bonds. The predicted octanol–water partition coefficient (Wildman–Crippen LogP) is 1.96. The van der Waals surface area contributed by atoms with Crippen LogP contribution in [0.15, 0.2) is 22.7 Å². The Kier molecular flexibility index (Phi) is 5.48. The fourth-order valence-electron chi connectivity index (χ4n) is 2.41. The van der Waals surface area contributed by atoms with Gasteiger partial charge in [0.1, 0.15) is 5.75 Å². The van der Waals surface area contributed by atoms with E-state index in [0.29, 0.717) is 28.9 Å². The highest BCUT2D eigenvalue weighted by molar-refractivity contribution is 9.10. The Morgan fingerprint density at radius 1 is 1.48 bits per heavy atom. The van der Waals surface area contributed by atoms with E-state index in [-0.39, 0.29) is 12.6 Å². The third-order valence-electron chi connectivity index (χ3n) is 3.49. The van der Waals surface area contributed by atoms with Crippen molar-refractivity contribution in [1.29, 1.82) is 0 Å². The number of nitrogens with zero attached hydrogens (tertiary/aromatic N) is 1. The maximum absolute atomic E-state index is 12.4. The second-order valence-corrected chi connectivity index (χ2v) is 7.38. The largest absolute Gasteiger partial charge is 0.496 e. The third kappa shape index (κ3) is 3.88. The fourth-order valence-corrected chi connectivity index (χ4v) is 4.43. The van der Waals surface area contributed by atoms with Crippen LogP contribution in [0, 0.1) is 0 Å². The molecule has 1 unspecified atom stereocenters. The van der Waals surface area contributed by atoms with Gasteiger partial charge in [0, 0.05) is 12.6 Å². The Labute approximate surface area is 133 Å². The average Bonchev–Trinajstić information content (AvgIpc) is 2.47. The molecular weight excluding hydrogens is 360 g/mol. The number of ether oxygens (including phenoxy) is 1. The number of piperidine rings is 1. The van der Waals surface area contributed by atoms with E-state index < -0.39 is 10.2 Å². The SMILES string of the molecule is COc1ccc(NS(=O)(=O)N2CCCCC2CO)cc1Br. The van der Waals surface area contributed by atoms with Crippen molar-refractivity contribution in [2.45, 2.75) is 25.3 Å². The first kappa shape index (κ1) is 16.5. The van der Waals surface area contributed by atoms with Crippen LogP contribution in [0.25, 0.3) is 0 Å². The number of nitrogens with one attached hydrogen (secondary N) is 1. The summed E-state index contributed by atoms with van der Waals surface area (Å²) in [7, 11) is -2.13. The van der Waals surface area contributed by atoms with Gasteiger partial charge in [0.2, 0.25) is 0 Å². The topological polar surface area (TPSA) is 78.9 Å². The second kappa shape index (κ2) is 6.95. The Hall–Kier alpha value is -0.830. The number of aliphatic hydroxyl groups excluding tert-OH is 1. The van der Waals surface area contributed by atoms with E-state index in [2.05, 4.69) is 20.7 Å². The van der Waals surface area contributed by atoms with Crippen LogP contribution in [0.2, 0.25) is 0 Å². The van der Waals surface area contributed by atoms with Crippen molar-refractivity contribution in [2.24, 2.45) is 0 Å². The Morgan fingerprint density at radius 3 is 2.86 bits per heavy atom. The zero-order chi connectivity index (χ0) is 15.5. The van der Waals surface area contributed by atoms with Gasteiger partial charge in [-0.1, -0.05) is 6.42 Å². The number of hydrogen-bond donors (Lipinski definition) is 2. The van der Waals surface area contributed by atoms with Gasteiger partial charge in [0.15, 0.2) is 0 Å². The maximum Gasteiger partial charge on any atom is 0.301 e. The lowest BCUT2D eigenvalue weighted by molar-refractivity contribution is 0.156. The molecule has 1 aromatic rings. The summed E-state index contributed by atoms with van der Waals surface area (Å²) in [5.41, 5.74) is 0.449. The summed E-state index contributed by atoms with van der Waals surface area (Å²) in [6, 6.07) is 4.62. The Morgan fingerprint density at radius 2 is 2.24 bits per heavy atom. The Bertz CT molecular complexity index is 594. The highest BCUT2D eigenvalue weighted by Gasteiger charge is 2.31. The van der Waals surface area contributed by atoms with Gasteiger partial charge in [-0.3, -0.25) is 4.72 Å². The molecule has 0 saturated carbocycles. The molecule has 0 bridgehead atoms. The van der Waals surface area contributed by atoms with Crippen molar-refractivity contribution >= 4 is 31.8 Å². The number of rotatable bonds is 5. The summed E-state index contributed by atoms with van der Waals surface area (Å²) >= 11 is 3.32. The van der Waals surface area contributed by atoms with Crippen molar-refractivity contribution in [3.63, 3.8) is 0 Å². The lowest BCUT2D eigenvalue weighted by atomic mass is 10.1. The molecule has 1 aromatic carbocycles. The zero-order valence-electron chi connectivity index (χ0n) is 11.8. The molecule has 1 saturated heterocycles. The molecule has 2 rings (SSSR count). The van der Waals surface area contributed by atoms with Crippen molar-refractivity contribution in [2.75, 3.05) is 25.0 Å². The minimum atomic E-state index is -3.67. The van der Waals surface area contributed by atoms with E-state index in [1.54, 1.807) is 25.3 Å². The first-order chi connectivity index (χ1) is 9.97. The average molecular weight is 379 g/mol. The smallest absolute Gasteiger partial charge is 0.301 e. The molecule has 1 fully saturated rings. The third-order valence-corrected chi connectivity index (χ3v) is 5.70. The van der Waals surface area contributed by atoms with Gasteiger partial charge in [0.05, 0.1) is 23.9 Å². The zero-order valence-corrected chi connectivity index (χ0v) is 14.2.